The number of benzene rings is 1. The van der Waals surface area contributed by atoms with Gasteiger partial charge in [0.25, 0.3) is 0 Å². The first-order valence-corrected chi connectivity index (χ1v) is 6.08. The van der Waals surface area contributed by atoms with Crippen molar-refractivity contribution in [1.29, 1.82) is 0 Å². The van der Waals surface area contributed by atoms with Crippen molar-refractivity contribution in [2.45, 2.75) is 31.5 Å². The Labute approximate surface area is 111 Å². The van der Waals surface area contributed by atoms with Gasteiger partial charge in [-0.2, -0.15) is 0 Å². The number of carbonyl (C=O) groups excluding carboxylic acids is 1. The molecule has 1 aromatic rings. The minimum absolute atomic E-state index is 0.0289. The normalized spacial score (nSPS) is 25.6. The van der Waals surface area contributed by atoms with Crippen molar-refractivity contribution in [3.63, 3.8) is 0 Å². The molecule has 0 heterocycles. The Morgan fingerprint density at radius 3 is 2.42 bits per heavy atom. The van der Waals surface area contributed by atoms with E-state index in [1.165, 1.54) is 21.1 Å². The van der Waals surface area contributed by atoms with Gasteiger partial charge in [-0.25, -0.2) is 0 Å². The van der Waals surface area contributed by atoms with Crippen LogP contribution in [-0.4, -0.2) is 35.8 Å². The smallest absolute Gasteiger partial charge is 0.161 e. The van der Waals surface area contributed by atoms with Crippen LogP contribution in [0.5, 0.6) is 11.5 Å². The molecule has 19 heavy (non-hydrogen) atoms. The second-order valence-corrected chi connectivity index (χ2v) is 4.85. The first-order chi connectivity index (χ1) is 8.92. The van der Waals surface area contributed by atoms with Crippen molar-refractivity contribution in [3.05, 3.63) is 23.3 Å². The monoisotopic (exact) mass is 266 g/mol. The van der Waals surface area contributed by atoms with Gasteiger partial charge in [-0.3, -0.25) is 4.79 Å². The lowest BCUT2D eigenvalue weighted by Gasteiger charge is -2.35. The quantitative estimate of drug-likeness (QED) is 0.853. The Kier molecular flexibility index (Phi) is 3.52. The van der Waals surface area contributed by atoms with Crippen LogP contribution >= 0.6 is 0 Å². The minimum Gasteiger partial charge on any atom is -0.496 e. The van der Waals surface area contributed by atoms with E-state index in [0.29, 0.717) is 22.6 Å². The Balaban J connectivity index is 2.60. The molecule has 0 fully saturated rings. The lowest BCUT2D eigenvalue weighted by molar-refractivity contribution is -0.139. The molecule has 2 atom stereocenters. The highest BCUT2D eigenvalue weighted by atomic mass is 16.5. The fourth-order valence-corrected chi connectivity index (χ4v) is 2.59. The molecule has 0 bridgehead atoms. The molecule has 0 spiro atoms. The maximum absolute atomic E-state index is 11.6. The Morgan fingerprint density at radius 1 is 1.32 bits per heavy atom. The van der Waals surface area contributed by atoms with Crippen molar-refractivity contribution in [3.8, 4) is 11.5 Å². The zero-order valence-corrected chi connectivity index (χ0v) is 11.3. The van der Waals surface area contributed by atoms with Crippen LogP contribution in [0.2, 0.25) is 0 Å². The van der Waals surface area contributed by atoms with Crippen LogP contribution in [0.15, 0.2) is 12.1 Å². The van der Waals surface area contributed by atoms with Crippen molar-refractivity contribution in [2.24, 2.45) is 0 Å². The average Bonchev–Trinajstić information content (AvgIpc) is 2.37. The van der Waals surface area contributed by atoms with E-state index in [9.17, 15) is 15.0 Å². The minimum atomic E-state index is -1.55. The van der Waals surface area contributed by atoms with Gasteiger partial charge in [0, 0.05) is 24.0 Å². The summed E-state index contributed by atoms with van der Waals surface area (Å²) in [5.41, 5.74) is -0.336. The van der Waals surface area contributed by atoms with E-state index in [2.05, 4.69) is 0 Å². The number of aliphatic hydroxyl groups excluding tert-OH is 1. The third-order valence-corrected chi connectivity index (χ3v) is 3.70. The molecule has 2 N–H and O–H groups in total. The summed E-state index contributed by atoms with van der Waals surface area (Å²) >= 11 is 0. The molecule has 0 amide bonds. The molecule has 5 nitrogen and oxygen atoms in total. The SMILES string of the molecule is COc1ccc(OC)c2c1C[C@](O)(C(C)=O)CC2O. The maximum Gasteiger partial charge on any atom is 0.161 e. The molecule has 2 rings (SSSR count). The second kappa shape index (κ2) is 4.83. The van der Waals surface area contributed by atoms with Gasteiger partial charge < -0.3 is 19.7 Å². The number of hydrogen-bond acceptors (Lipinski definition) is 5. The highest BCUT2D eigenvalue weighted by Gasteiger charge is 2.43. The molecule has 0 aliphatic heterocycles. The summed E-state index contributed by atoms with van der Waals surface area (Å²) in [6.07, 6.45) is -0.865. The Bertz CT molecular complexity index is 511. The Morgan fingerprint density at radius 2 is 1.89 bits per heavy atom. The zero-order valence-electron chi connectivity index (χ0n) is 11.3. The average molecular weight is 266 g/mol. The molecule has 0 aromatic heterocycles. The van der Waals surface area contributed by atoms with E-state index >= 15 is 0 Å². The highest BCUT2D eigenvalue weighted by Crippen LogP contribution is 2.44. The summed E-state index contributed by atoms with van der Waals surface area (Å²) in [5, 5.41) is 20.6. The molecule has 1 aliphatic rings. The third-order valence-electron chi connectivity index (χ3n) is 3.70. The second-order valence-electron chi connectivity index (χ2n) is 4.85. The summed E-state index contributed by atoms with van der Waals surface area (Å²) < 4.78 is 10.5. The number of methoxy groups -OCH3 is 2. The van der Waals surface area contributed by atoms with Crippen molar-refractivity contribution >= 4 is 5.78 Å². The van der Waals surface area contributed by atoms with Crippen molar-refractivity contribution in [2.75, 3.05) is 14.2 Å². The summed E-state index contributed by atoms with van der Waals surface area (Å²) in [4.78, 5) is 11.6. The molecule has 1 aromatic carbocycles. The van der Waals surface area contributed by atoms with Crippen LogP contribution in [-0.2, 0) is 11.2 Å². The number of carbonyl (C=O) groups is 1. The zero-order chi connectivity index (χ0) is 14.2. The van der Waals surface area contributed by atoms with Crippen LogP contribution < -0.4 is 9.47 Å². The van der Waals surface area contributed by atoms with Gasteiger partial charge >= 0.3 is 0 Å². The lowest BCUT2D eigenvalue weighted by atomic mass is 9.76. The fraction of sp³-hybridized carbons (Fsp3) is 0.500. The lowest BCUT2D eigenvalue weighted by Crippen LogP contribution is -2.44. The summed E-state index contributed by atoms with van der Waals surface area (Å²) in [6.45, 7) is 1.32. The summed E-state index contributed by atoms with van der Waals surface area (Å²) in [5.74, 6) is 0.713. The van der Waals surface area contributed by atoms with Gasteiger partial charge in [-0.1, -0.05) is 0 Å². The van der Waals surface area contributed by atoms with E-state index in [0.717, 1.165) is 0 Å². The predicted octanol–water partition coefficient (Wildman–Crippen LogP) is 1.00. The third kappa shape index (κ3) is 2.19. The predicted molar refractivity (Wildman–Crippen MR) is 68.5 cm³/mol. The largest absolute Gasteiger partial charge is 0.496 e. The van der Waals surface area contributed by atoms with Crippen LogP contribution in [0, 0.1) is 0 Å². The first-order valence-electron chi connectivity index (χ1n) is 6.08. The molecule has 0 radical (unpaired) electrons. The van der Waals surface area contributed by atoms with Gasteiger partial charge in [-0.05, 0) is 19.1 Å². The van der Waals surface area contributed by atoms with Crippen molar-refractivity contribution in [1.82, 2.24) is 0 Å². The number of hydrogen-bond donors (Lipinski definition) is 2. The van der Waals surface area contributed by atoms with E-state index in [-0.39, 0.29) is 18.6 Å². The molecule has 1 aliphatic carbocycles. The van der Waals surface area contributed by atoms with Gasteiger partial charge in [-0.15, -0.1) is 0 Å². The van der Waals surface area contributed by atoms with E-state index in [1.807, 2.05) is 0 Å². The number of rotatable bonds is 3. The summed E-state index contributed by atoms with van der Waals surface area (Å²) in [7, 11) is 3.02. The van der Waals surface area contributed by atoms with E-state index in [1.54, 1.807) is 12.1 Å². The van der Waals surface area contributed by atoms with Gasteiger partial charge in [0.15, 0.2) is 5.78 Å². The maximum atomic E-state index is 11.6. The summed E-state index contributed by atoms with van der Waals surface area (Å²) in [6, 6.07) is 3.41. The molecule has 1 unspecified atom stereocenters. The number of fused-ring (bicyclic) bond motifs is 1. The van der Waals surface area contributed by atoms with E-state index in [4.69, 9.17) is 9.47 Å². The molecule has 0 saturated carbocycles. The Hall–Kier alpha value is -1.59. The molecular weight excluding hydrogens is 248 g/mol. The van der Waals surface area contributed by atoms with Gasteiger partial charge in [0.05, 0.1) is 20.3 Å². The van der Waals surface area contributed by atoms with Gasteiger partial charge in [0.1, 0.15) is 17.1 Å². The topological polar surface area (TPSA) is 76.0 Å². The molecule has 104 valence electrons. The van der Waals surface area contributed by atoms with Crippen molar-refractivity contribution < 1.29 is 24.5 Å². The highest BCUT2D eigenvalue weighted by molar-refractivity contribution is 5.86. The number of aliphatic hydroxyl groups is 2. The van der Waals surface area contributed by atoms with Crippen LogP contribution in [0.1, 0.15) is 30.6 Å². The van der Waals surface area contributed by atoms with Gasteiger partial charge in [0.2, 0.25) is 0 Å². The standard InChI is InChI=1S/C14H18O5/c1-8(15)14(17)6-9-11(18-2)4-5-12(19-3)13(9)10(16)7-14/h4-5,10,16-17H,6-7H2,1-3H3/t10?,14-/m1/s1. The number of ether oxygens (including phenoxy) is 2. The van der Waals surface area contributed by atoms with Crippen LogP contribution in [0.3, 0.4) is 0 Å². The number of Topliss-reactive ketones (excluding diaryl/α,β-unsaturated/α-hetero) is 1. The fourth-order valence-electron chi connectivity index (χ4n) is 2.59. The number of ketones is 1. The molecular formula is C14H18O5. The molecule has 0 saturated heterocycles. The first kappa shape index (κ1) is 13.8. The van der Waals surface area contributed by atoms with Crippen LogP contribution in [0.25, 0.3) is 0 Å². The molecule has 5 heteroatoms. The van der Waals surface area contributed by atoms with E-state index < -0.39 is 11.7 Å². The van der Waals surface area contributed by atoms with Crippen LogP contribution in [0.4, 0.5) is 0 Å².